The molecule has 120 valence electrons. The molecule has 0 amide bonds. The van der Waals surface area contributed by atoms with Gasteiger partial charge in [-0.3, -0.25) is 0 Å². The molecule has 5 nitrogen and oxygen atoms in total. The molecule has 0 spiro atoms. The van der Waals surface area contributed by atoms with Crippen molar-refractivity contribution in [2.45, 2.75) is 39.2 Å². The smallest absolute Gasteiger partial charge is 0.223 e. The van der Waals surface area contributed by atoms with Gasteiger partial charge in [-0.15, -0.1) is 0 Å². The molecule has 0 unspecified atom stereocenters. The Balaban J connectivity index is 1.81. The molecule has 0 atom stereocenters. The SMILES string of the molecule is Cc1nc(-c2ccc(-n3cccc3CCC(C)(C)O)cc2)no1. The molecule has 0 fully saturated rings. The lowest BCUT2D eigenvalue weighted by Crippen LogP contribution is -2.19. The predicted molar refractivity (Wildman–Crippen MR) is 88.4 cm³/mol. The lowest BCUT2D eigenvalue weighted by molar-refractivity contribution is 0.0710. The van der Waals surface area contributed by atoms with E-state index in [9.17, 15) is 5.11 Å². The number of aryl methyl sites for hydroxylation is 2. The molecule has 0 saturated carbocycles. The lowest BCUT2D eigenvalue weighted by Gasteiger charge is -2.17. The normalized spacial score (nSPS) is 11.8. The van der Waals surface area contributed by atoms with Crippen LogP contribution in [0.15, 0.2) is 47.1 Å². The lowest BCUT2D eigenvalue weighted by atomic mass is 10.0. The van der Waals surface area contributed by atoms with Crippen molar-refractivity contribution in [2.75, 3.05) is 0 Å². The van der Waals surface area contributed by atoms with E-state index in [-0.39, 0.29) is 0 Å². The topological polar surface area (TPSA) is 64.1 Å². The molecule has 0 saturated heterocycles. The van der Waals surface area contributed by atoms with E-state index < -0.39 is 5.60 Å². The summed E-state index contributed by atoms with van der Waals surface area (Å²) in [6.45, 7) is 5.45. The van der Waals surface area contributed by atoms with Gasteiger partial charge in [-0.25, -0.2) is 0 Å². The summed E-state index contributed by atoms with van der Waals surface area (Å²) in [5.74, 6) is 1.16. The standard InChI is InChI=1S/C18H21N3O2/c1-13-19-17(20-23-13)14-6-8-16(9-7-14)21-12-4-5-15(21)10-11-18(2,3)22/h4-9,12,22H,10-11H2,1-3H3. The van der Waals surface area contributed by atoms with Crippen molar-refractivity contribution in [2.24, 2.45) is 0 Å². The fourth-order valence-electron chi connectivity index (χ4n) is 2.49. The third kappa shape index (κ3) is 3.68. The number of rotatable bonds is 5. The zero-order chi connectivity index (χ0) is 16.4. The van der Waals surface area contributed by atoms with Gasteiger partial charge < -0.3 is 14.2 Å². The Bertz CT molecular complexity index is 779. The average Bonchev–Trinajstić information content (AvgIpc) is 3.13. The first-order chi connectivity index (χ1) is 10.9. The second kappa shape index (κ2) is 6.01. The first-order valence-corrected chi connectivity index (χ1v) is 7.72. The number of benzene rings is 1. The molecule has 3 aromatic rings. The second-order valence-electron chi connectivity index (χ2n) is 6.37. The number of nitrogens with zero attached hydrogens (tertiary/aromatic N) is 3. The van der Waals surface area contributed by atoms with Gasteiger partial charge in [-0.05, 0) is 63.1 Å². The molecule has 2 heterocycles. The molecule has 1 aromatic carbocycles. The Morgan fingerprint density at radius 3 is 2.52 bits per heavy atom. The van der Waals surface area contributed by atoms with Gasteiger partial charge in [-0.1, -0.05) is 5.16 Å². The molecule has 0 aliphatic heterocycles. The van der Waals surface area contributed by atoms with Crippen LogP contribution in [0.5, 0.6) is 0 Å². The largest absolute Gasteiger partial charge is 0.390 e. The van der Waals surface area contributed by atoms with E-state index in [0.717, 1.165) is 24.1 Å². The van der Waals surface area contributed by atoms with Gasteiger partial charge >= 0.3 is 0 Å². The molecule has 3 rings (SSSR count). The second-order valence-corrected chi connectivity index (χ2v) is 6.37. The highest BCUT2D eigenvalue weighted by Crippen LogP contribution is 2.21. The number of hydrogen-bond acceptors (Lipinski definition) is 4. The van der Waals surface area contributed by atoms with Gasteiger partial charge in [0.05, 0.1) is 5.60 Å². The Hall–Kier alpha value is -2.40. The molecule has 5 heteroatoms. The van der Waals surface area contributed by atoms with Crippen molar-refractivity contribution in [3.05, 3.63) is 54.2 Å². The van der Waals surface area contributed by atoms with Crippen LogP contribution >= 0.6 is 0 Å². The summed E-state index contributed by atoms with van der Waals surface area (Å²) in [5, 5.41) is 13.8. The fraction of sp³-hybridized carbons (Fsp3) is 0.333. The highest BCUT2D eigenvalue weighted by atomic mass is 16.5. The van der Waals surface area contributed by atoms with Crippen LogP contribution in [0.25, 0.3) is 17.1 Å². The summed E-state index contributed by atoms with van der Waals surface area (Å²) in [5.41, 5.74) is 2.52. The summed E-state index contributed by atoms with van der Waals surface area (Å²) in [4.78, 5) is 4.24. The van der Waals surface area contributed by atoms with Crippen molar-refractivity contribution in [1.29, 1.82) is 0 Å². The van der Waals surface area contributed by atoms with Crippen molar-refractivity contribution >= 4 is 0 Å². The monoisotopic (exact) mass is 311 g/mol. The van der Waals surface area contributed by atoms with E-state index in [0.29, 0.717) is 11.7 Å². The van der Waals surface area contributed by atoms with Crippen LogP contribution in [-0.2, 0) is 6.42 Å². The highest BCUT2D eigenvalue weighted by molar-refractivity contribution is 5.56. The van der Waals surface area contributed by atoms with Crippen LogP contribution in [0.2, 0.25) is 0 Å². The van der Waals surface area contributed by atoms with Gasteiger partial charge in [0, 0.05) is 30.1 Å². The third-order valence-corrected chi connectivity index (χ3v) is 3.76. The number of hydrogen-bond donors (Lipinski definition) is 1. The maximum absolute atomic E-state index is 9.91. The summed E-state index contributed by atoms with van der Waals surface area (Å²) in [6, 6.07) is 12.2. The van der Waals surface area contributed by atoms with Gasteiger partial charge in [-0.2, -0.15) is 4.98 Å². The number of aliphatic hydroxyl groups is 1. The van der Waals surface area contributed by atoms with Gasteiger partial charge in [0.25, 0.3) is 0 Å². The van der Waals surface area contributed by atoms with Crippen molar-refractivity contribution in [3.8, 4) is 17.1 Å². The van der Waals surface area contributed by atoms with Crippen LogP contribution in [-0.4, -0.2) is 25.4 Å². The van der Waals surface area contributed by atoms with Gasteiger partial charge in [0.1, 0.15) is 0 Å². The number of aromatic nitrogens is 3. The molecule has 0 aliphatic rings. The van der Waals surface area contributed by atoms with Crippen LogP contribution in [0.4, 0.5) is 0 Å². The zero-order valence-electron chi connectivity index (χ0n) is 13.7. The molecule has 0 radical (unpaired) electrons. The van der Waals surface area contributed by atoms with Crippen LogP contribution in [0.1, 0.15) is 31.9 Å². The van der Waals surface area contributed by atoms with Gasteiger partial charge in [0.15, 0.2) is 0 Å². The minimum Gasteiger partial charge on any atom is -0.390 e. The molecule has 2 aromatic heterocycles. The molecule has 1 N–H and O–H groups in total. The summed E-state index contributed by atoms with van der Waals surface area (Å²) in [6.07, 6.45) is 3.58. The maximum Gasteiger partial charge on any atom is 0.223 e. The Morgan fingerprint density at radius 1 is 1.17 bits per heavy atom. The molecule has 0 aliphatic carbocycles. The van der Waals surface area contributed by atoms with Crippen molar-refractivity contribution in [1.82, 2.24) is 14.7 Å². The minimum atomic E-state index is -0.657. The summed E-state index contributed by atoms with van der Waals surface area (Å²) < 4.78 is 7.15. The molecular formula is C18H21N3O2. The summed E-state index contributed by atoms with van der Waals surface area (Å²) >= 11 is 0. The van der Waals surface area contributed by atoms with Crippen molar-refractivity contribution < 1.29 is 9.63 Å². The third-order valence-electron chi connectivity index (χ3n) is 3.76. The molecule has 0 bridgehead atoms. The van der Waals surface area contributed by atoms with E-state index in [1.165, 1.54) is 5.69 Å². The first-order valence-electron chi connectivity index (χ1n) is 7.72. The van der Waals surface area contributed by atoms with Crippen LogP contribution in [0.3, 0.4) is 0 Å². The fourth-order valence-corrected chi connectivity index (χ4v) is 2.49. The minimum absolute atomic E-state index is 0.559. The Labute approximate surface area is 135 Å². The first kappa shape index (κ1) is 15.5. The Kier molecular flexibility index (Phi) is 4.05. The van der Waals surface area contributed by atoms with E-state index in [1.807, 2.05) is 50.4 Å². The molecular weight excluding hydrogens is 290 g/mol. The molecule has 23 heavy (non-hydrogen) atoms. The van der Waals surface area contributed by atoms with Crippen molar-refractivity contribution in [3.63, 3.8) is 0 Å². The average molecular weight is 311 g/mol. The zero-order valence-corrected chi connectivity index (χ0v) is 13.7. The van der Waals surface area contributed by atoms with Crippen LogP contribution < -0.4 is 0 Å². The van der Waals surface area contributed by atoms with E-state index in [1.54, 1.807) is 6.92 Å². The summed E-state index contributed by atoms with van der Waals surface area (Å²) in [7, 11) is 0. The Morgan fingerprint density at radius 2 is 1.91 bits per heavy atom. The quantitative estimate of drug-likeness (QED) is 0.783. The van der Waals surface area contributed by atoms with Crippen LogP contribution in [0, 0.1) is 6.92 Å². The predicted octanol–water partition coefficient (Wildman–Crippen LogP) is 3.54. The maximum atomic E-state index is 9.91. The van der Waals surface area contributed by atoms with E-state index >= 15 is 0 Å². The van der Waals surface area contributed by atoms with E-state index in [2.05, 4.69) is 20.8 Å². The van der Waals surface area contributed by atoms with Gasteiger partial charge in [0.2, 0.25) is 11.7 Å². The highest BCUT2D eigenvalue weighted by Gasteiger charge is 2.14. The van der Waals surface area contributed by atoms with E-state index in [4.69, 9.17) is 4.52 Å².